The first-order valence-corrected chi connectivity index (χ1v) is 6.42. The third kappa shape index (κ3) is 1.74. The third-order valence-corrected chi connectivity index (χ3v) is 3.74. The van der Waals surface area contributed by atoms with Gasteiger partial charge in [-0.1, -0.05) is 0 Å². The molecule has 0 spiro atoms. The molecule has 3 rings (SSSR count). The van der Waals surface area contributed by atoms with Crippen molar-refractivity contribution < 1.29 is 4.92 Å². The highest BCUT2D eigenvalue weighted by Gasteiger charge is 2.32. The number of fused-ring (bicyclic) bond motifs is 3. The number of pyridine rings is 1. The lowest BCUT2D eigenvalue weighted by Crippen LogP contribution is -2.32. The number of aryl methyl sites for hydroxylation is 1. The van der Waals surface area contributed by atoms with Crippen LogP contribution in [0.25, 0.3) is 11.1 Å². The van der Waals surface area contributed by atoms with E-state index in [1.165, 1.54) is 0 Å². The van der Waals surface area contributed by atoms with Crippen LogP contribution < -0.4 is 5.32 Å². The van der Waals surface area contributed by atoms with Crippen LogP contribution in [0.5, 0.6) is 0 Å². The Labute approximate surface area is 116 Å². The molecule has 1 aromatic heterocycles. The van der Waals surface area contributed by atoms with E-state index in [4.69, 9.17) is 0 Å². The van der Waals surface area contributed by atoms with Gasteiger partial charge >= 0.3 is 0 Å². The second-order valence-corrected chi connectivity index (χ2v) is 5.62. The maximum absolute atomic E-state index is 10.9. The molecular formula is C15H15N3O2. The Morgan fingerprint density at radius 2 is 2.05 bits per heavy atom. The molecule has 0 bridgehead atoms. The molecular weight excluding hydrogens is 254 g/mol. The Bertz CT molecular complexity index is 723. The third-order valence-electron chi connectivity index (χ3n) is 3.74. The van der Waals surface area contributed by atoms with Gasteiger partial charge in [0.25, 0.3) is 5.69 Å². The molecule has 20 heavy (non-hydrogen) atoms. The summed E-state index contributed by atoms with van der Waals surface area (Å²) in [7, 11) is 0. The summed E-state index contributed by atoms with van der Waals surface area (Å²) in [4.78, 5) is 14.8. The van der Waals surface area contributed by atoms with Gasteiger partial charge in [-0.3, -0.25) is 15.1 Å². The van der Waals surface area contributed by atoms with Gasteiger partial charge in [-0.15, -0.1) is 0 Å². The zero-order chi connectivity index (χ0) is 14.5. The van der Waals surface area contributed by atoms with E-state index < -0.39 is 0 Å². The molecule has 1 aliphatic rings. The molecule has 1 N–H and O–H groups in total. The van der Waals surface area contributed by atoms with Crippen molar-refractivity contribution in [2.75, 3.05) is 5.32 Å². The van der Waals surface area contributed by atoms with Crippen LogP contribution in [0.1, 0.15) is 25.0 Å². The molecule has 5 heteroatoms. The van der Waals surface area contributed by atoms with Crippen molar-refractivity contribution in [1.29, 1.82) is 0 Å². The van der Waals surface area contributed by atoms with Crippen LogP contribution in [0.2, 0.25) is 0 Å². The molecule has 1 aromatic carbocycles. The molecule has 1 aliphatic heterocycles. The quantitative estimate of drug-likeness (QED) is 0.634. The van der Waals surface area contributed by atoms with Crippen molar-refractivity contribution in [3.8, 4) is 11.1 Å². The minimum Gasteiger partial charge on any atom is -0.375 e. The average Bonchev–Trinajstić information content (AvgIpc) is 2.37. The zero-order valence-corrected chi connectivity index (χ0v) is 11.6. The topological polar surface area (TPSA) is 68.1 Å². The van der Waals surface area contributed by atoms with Crippen LogP contribution in [0.15, 0.2) is 30.6 Å². The molecule has 0 saturated carbocycles. The second kappa shape index (κ2) is 4.03. The summed E-state index contributed by atoms with van der Waals surface area (Å²) >= 11 is 0. The van der Waals surface area contributed by atoms with Gasteiger partial charge in [0.2, 0.25) is 0 Å². The van der Waals surface area contributed by atoms with Crippen LogP contribution in [0.4, 0.5) is 11.4 Å². The minimum atomic E-state index is -0.371. The number of nitro groups is 1. The number of hydrogen-bond acceptors (Lipinski definition) is 4. The van der Waals surface area contributed by atoms with Crippen molar-refractivity contribution in [3.05, 3.63) is 51.8 Å². The lowest BCUT2D eigenvalue weighted by molar-refractivity contribution is -0.384. The molecule has 0 saturated heterocycles. The van der Waals surface area contributed by atoms with E-state index in [0.717, 1.165) is 27.9 Å². The van der Waals surface area contributed by atoms with Crippen molar-refractivity contribution in [3.63, 3.8) is 0 Å². The molecule has 5 nitrogen and oxygen atoms in total. The van der Waals surface area contributed by atoms with E-state index >= 15 is 0 Å². The van der Waals surface area contributed by atoms with Gasteiger partial charge in [-0.05, 0) is 38.0 Å². The number of hydrogen-bond donors (Lipinski definition) is 1. The summed E-state index contributed by atoms with van der Waals surface area (Å²) < 4.78 is 0. The highest BCUT2D eigenvalue weighted by molar-refractivity contribution is 5.87. The Morgan fingerprint density at radius 1 is 1.30 bits per heavy atom. The highest BCUT2D eigenvalue weighted by Crippen LogP contribution is 2.45. The normalized spacial score (nSPS) is 14.9. The standard InChI is InChI=1S/C15H15N3O2/c1-9-7-16-8-12-14(9)11-5-4-10(18(19)20)6-13(11)17-15(12,2)3/h4-8,17H,1-3H3. The van der Waals surface area contributed by atoms with Gasteiger partial charge in [0, 0.05) is 41.3 Å². The van der Waals surface area contributed by atoms with E-state index in [2.05, 4.69) is 24.1 Å². The molecule has 0 aliphatic carbocycles. The maximum Gasteiger partial charge on any atom is 0.271 e. The Kier molecular flexibility index (Phi) is 2.54. The fraction of sp³-hybridized carbons (Fsp3) is 0.267. The summed E-state index contributed by atoms with van der Waals surface area (Å²) in [5.74, 6) is 0. The molecule has 0 atom stereocenters. The van der Waals surface area contributed by atoms with Crippen molar-refractivity contribution >= 4 is 11.4 Å². The Hall–Kier alpha value is -2.43. The second-order valence-electron chi connectivity index (χ2n) is 5.62. The highest BCUT2D eigenvalue weighted by atomic mass is 16.6. The Balaban J connectivity index is 2.30. The van der Waals surface area contributed by atoms with Gasteiger partial charge < -0.3 is 5.32 Å². The summed E-state index contributed by atoms with van der Waals surface area (Å²) in [5, 5.41) is 14.3. The van der Waals surface area contributed by atoms with E-state index in [1.807, 2.05) is 25.4 Å². The first kappa shape index (κ1) is 12.6. The van der Waals surface area contributed by atoms with E-state index in [-0.39, 0.29) is 16.1 Å². The fourth-order valence-corrected chi connectivity index (χ4v) is 2.77. The average molecular weight is 269 g/mol. The largest absolute Gasteiger partial charge is 0.375 e. The van der Waals surface area contributed by atoms with Gasteiger partial charge in [0.05, 0.1) is 10.5 Å². The molecule has 0 unspecified atom stereocenters. The summed E-state index contributed by atoms with van der Waals surface area (Å²) in [6.45, 7) is 6.11. The van der Waals surface area contributed by atoms with Crippen LogP contribution in [0, 0.1) is 17.0 Å². The molecule has 2 heterocycles. The van der Waals surface area contributed by atoms with Gasteiger partial charge in [-0.2, -0.15) is 0 Å². The predicted molar refractivity (Wildman–Crippen MR) is 77.7 cm³/mol. The smallest absolute Gasteiger partial charge is 0.271 e. The number of rotatable bonds is 1. The van der Waals surface area contributed by atoms with Gasteiger partial charge in [0.1, 0.15) is 0 Å². The minimum absolute atomic E-state index is 0.0993. The Morgan fingerprint density at radius 3 is 2.75 bits per heavy atom. The summed E-state index contributed by atoms with van der Waals surface area (Å²) in [6.07, 6.45) is 3.69. The summed E-state index contributed by atoms with van der Waals surface area (Å²) in [6, 6.07) is 4.95. The first-order valence-electron chi connectivity index (χ1n) is 6.42. The SMILES string of the molecule is Cc1cncc2c1-c1ccc([N+](=O)[O-])cc1NC2(C)C. The van der Waals surface area contributed by atoms with Crippen molar-refractivity contribution in [2.45, 2.75) is 26.3 Å². The maximum atomic E-state index is 10.9. The monoisotopic (exact) mass is 269 g/mol. The van der Waals surface area contributed by atoms with Crippen LogP contribution in [-0.4, -0.2) is 9.91 Å². The first-order chi connectivity index (χ1) is 9.40. The molecule has 2 aromatic rings. The van der Waals surface area contributed by atoms with Gasteiger partial charge in [0.15, 0.2) is 0 Å². The number of anilines is 1. The molecule has 102 valence electrons. The van der Waals surface area contributed by atoms with Crippen LogP contribution in [-0.2, 0) is 5.54 Å². The summed E-state index contributed by atoms with van der Waals surface area (Å²) in [5.41, 5.74) is 4.88. The van der Waals surface area contributed by atoms with Crippen LogP contribution >= 0.6 is 0 Å². The lowest BCUT2D eigenvalue weighted by Gasteiger charge is -2.36. The number of aromatic nitrogens is 1. The van der Waals surface area contributed by atoms with E-state index in [1.54, 1.807) is 12.1 Å². The number of nitro benzene ring substituents is 1. The molecule has 0 radical (unpaired) electrons. The molecule has 0 amide bonds. The lowest BCUT2D eigenvalue weighted by atomic mass is 9.82. The van der Waals surface area contributed by atoms with E-state index in [0.29, 0.717) is 0 Å². The van der Waals surface area contributed by atoms with Gasteiger partial charge in [-0.25, -0.2) is 0 Å². The van der Waals surface area contributed by atoms with Crippen molar-refractivity contribution in [2.24, 2.45) is 0 Å². The number of benzene rings is 1. The molecule has 0 fully saturated rings. The number of non-ortho nitro benzene ring substituents is 1. The van der Waals surface area contributed by atoms with Crippen LogP contribution in [0.3, 0.4) is 0 Å². The zero-order valence-electron chi connectivity index (χ0n) is 11.6. The number of nitrogens with zero attached hydrogens (tertiary/aromatic N) is 2. The predicted octanol–water partition coefficient (Wildman–Crippen LogP) is 3.63. The van der Waals surface area contributed by atoms with E-state index in [9.17, 15) is 10.1 Å². The fourth-order valence-electron chi connectivity index (χ4n) is 2.77. The number of nitrogens with one attached hydrogen (secondary N) is 1. The van der Waals surface area contributed by atoms with Crippen molar-refractivity contribution in [1.82, 2.24) is 4.98 Å².